The quantitative estimate of drug-likeness (QED) is 0.627. The van der Waals surface area contributed by atoms with Crippen LogP contribution in [0.4, 0.5) is 17.1 Å². The van der Waals surface area contributed by atoms with Gasteiger partial charge in [0.05, 0.1) is 6.61 Å². The van der Waals surface area contributed by atoms with Crippen LogP contribution in [0.5, 0.6) is 0 Å². The van der Waals surface area contributed by atoms with E-state index in [1.807, 2.05) is 18.2 Å². The van der Waals surface area contributed by atoms with Crippen LogP contribution in [0.15, 0.2) is 18.2 Å². The molecule has 0 fully saturated rings. The minimum atomic E-state index is -0.276. The lowest BCUT2D eigenvalue weighted by Crippen LogP contribution is -2.58. The molecule has 0 aliphatic carbocycles. The Hall–Kier alpha value is -2.08. The van der Waals surface area contributed by atoms with E-state index in [4.69, 9.17) is 4.74 Å². The Morgan fingerprint density at radius 2 is 2.21 bits per heavy atom. The van der Waals surface area contributed by atoms with Gasteiger partial charge in [0, 0.05) is 0 Å². The Balaban J connectivity index is 2.02. The summed E-state index contributed by atoms with van der Waals surface area (Å²) in [6.45, 7) is 3.11. The van der Waals surface area contributed by atoms with Crippen LogP contribution in [-0.2, 0) is 14.3 Å². The highest BCUT2D eigenvalue weighted by atomic mass is 16.5. The third-order valence-electron chi connectivity index (χ3n) is 3.54. The maximum absolute atomic E-state index is 11.9. The number of hydrogen-bond acceptors (Lipinski definition) is 4. The summed E-state index contributed by atoms with van der Waals surface area (Å²) in [6, 6.07) is 5.71. The van der Waals surface area contributed by atoms with E-state index < -0.39 is 0 Å². The molecule has 0 radical (unpaired) electrons. The van der Waals surface area contributed by atoms with Crippen molar-refractivity contribution in [1.82, 2.24) is 4.48 Å². The third-order valence-corrected chi connectivity index (χ3v) is 3.54. The van der Waals surface area contributed by atoms with Crippen LogP contribution in [-0.4, -0.2) is 38.2 Å². The van der Waals surface area contributed by atoms with Crippen molar-refractivity contribution in [2.45, 2.75) is 6.92 Å². The van der Waals surface area contributed by atoms with Gasteiger partial charge in [-0.25, -0.2) is 4.79 Å². The maximum Gasteiger partial charge on any atom is 0.362 e. The highest BCUT2D eigenvalue weighted by Crippen LogP contribution is 2.45. The molecule has 1 atom stereocenters. The molecule has 2 N–H and O–H groups in total. The first-order chi connectivity index (χ1) is 9.14. The van der Waals surface area contributed by atoms with Crippen molar-refractivity contribution in [3.63, 3.8) is 0 Å². The third kappa shape index (κ3) is 1.84. The second-order valence-electron chi connectivity index (χ2n) is 4.85. The lowest BCUT2D eigenvalue weighted by atomic mass is 10.1. The number of nitrogens with zero attached hydrogens (tertiary/aromatic N) is 1. The number of hydrogen-bond donors (Lipinski definition) is 2. The van der Waals surface area contributed by atoms with Crippen LogP contribution in [0.3, 0.4) is 0 Å². The van der Waals surface area contributed by atoms with Crippen LogP contribution < -0.4 is 15.1 Å². The largest absolute Gasteiger partial charge is 0.462 e. The van der Waals surface area contributed by atoms with E-state index in [9.17, 15) is 9.59 Å². The summed E-state index contributed by atoms with van der Waals surface area (Å²) in [5.74, 6) is -0.348. The number of amides is 1. The van der Waals surface area contributed by atoms with Gasteiger partial charge in [-0.05, 0) is 19.1 Å². The molecule has 19 heavy (non-hydrogen) atoms. The number of anilines is 2. The maximum atomic E-state index is 11.9. The van der Waals surface area contributed by atoms with Gasteiger partial charge in [0.15, 0.2) is 25.4 Å². The first-order valence-corrected chi connectivity index (χ1v) is 6.34. The second-order valence-corrected chi connectivity index (χ2v) is 4.85. The first-order valence-electron chi connectivity index (χ1n) is 6.34. The second kappa shape index (κ2) is 4.24. The zero-order chi connectivity index (χ0) is 13.5. The molecule has 0 saturated heterocycles. The molecule has 100 valence electrons. The van der Waals surface area contributed by atoms with Gasteiger partial charge in [0.1, 0.15) is 11.4 Å². The van der Waals surface area contributed by atoms with Crippen LogP contribution in [0, 0.1) is 0 Å². The van der Waals surface area contributed by atoms with E-state index in [0.29, 0.717) is 17.8 Å². The SMILES string of the molecule is CCOC(=O)C[N+]12CNc3cccc(c31)NC(=O)C2. The van der Waals surface area contributed by atoms with Gasteiger partial charge in [-0.2, -0.15) is 0 Å². The van der Waals surface area contributed by atoms with Gasteiger partial charge >= 0.3 is 5.97 Å². The molecule has 0 spiro atoms. The zero-order valence-electron chi connectivity index (χ0n) is 10.7. The topological polar surface area (TPSA) is 67.4 Å². The smallest absolute Gasteiger partial charge is 0.362 e. The predicted molar refractivity (Wildman–Crippen MR) is 71.7 cm³/mol. The standard InChI is InChI=1S/C13H15N3O3/c1-2-19-12(18)7-16-6-11(17)15-10-5-3-4-9(13(10)16)14-8-16/h3-5,14H,2,6-8H2,1H3/p+1. The van der Waals surface area contributed by atoms with E-state index in [1.54, 1.807) is 6.92 Å². The number of nitrogens with one attached hydrogen (secondary N) is 2. The fourth-order valence-corrected chi connectivity index (χ4v) is 2.86. The Labute approximate surface area is 110 Å². The lowest BCUT2D eigenvalue weighted by molar-refractivity contribution is -0.144. The van der Waals surface area contributed by atoms with E-state index in [2.05, 4.69) is 10.6 Å². The van der Waals surface area contributed by atoms with Crippen LogP contribution >= 0.6 is 0 Å². The van der Waals surface area contributed by atoms with Gasteiger partial charge in [-0.1, -0.05) is 6.07 Å². The number of para-hydroxylation sites is 1. The number of carbonyl (C=O) groups excluding carboxylic acids is 2. The number of esters is 1. The Kier molecular flexibility index (Phi) is 2.67. The van der Waals surface area contributed by atoms with Crippen molar-refractivity contribution in [3.05, 3.63) is 18.2 Å². The molecule has 2 aliphatic rings. The number of benzene rings is 1. The summed E-state index contributed by atoms with van der Waals surface area (Å²) in [4.78, 5) is 23.7. The van der Waals surface area contributed by atoms with Crippen molar-refractivity contribution in [3.8, 4) is 0 Å². The molecule has 0 saturated carbocycles. The van der Waals surface area contributed by atoms with Crippen molar-refractivity contribution in [2.24, 2.45) is 0 Å². The summed E-state index contributed by atoms with van der Waals surface area (Å²) in [6.07, 6.45) is 0. The monoisotopic (exact) mass is 262 g/mol. The van der Waals surface area contributed by atoms with Gasteiger partial charge in [0.25, 0.3) is 5.91 Å². The molecule has 2 heterocycles. The highest BCUT2D eigenvalue weighted by Gasteiger charge is 2.47. The van der Waals surface area contributed by atoms with Crippen LogP contribution in [0.2, 0.25) is 0 Å². The molecule has 1 aromatic rings. The average molecular weight is 262 g/mol. The minimum Gasteiger partial charge on any atom is -0.462 e. The first kappa shape index (κ1) is 12.0. The van der Waals surface area contributed by atoms with Crippen LogP contribution in [0.1, 0.15) is 6.92 Å². The van der Waals surface area contributed by atoms with E-state index in [-0.39, 0.29) is 25.0 Å². The van der Waals surface area contributed by atoms with Crippen molar-refractivity contribution in [1.29, 1.82) is 0 Å². The fraction of sp³-hybridized carbons (Fsp3) is 0.385. The van der Waals surface area contributed by atoms with Crippen molar-refractivity contribution < 1.29 is 14.3 Å². The van der Waals surface area contributed by atoms with Crippen molar-refractivity contribution in [2.75, 3.05) is 37.0 Å². The average Bonchev–Trinajstić information content (AvgIpc) is 2.69. The van der Waals surface area contributed by atoms with Gasteiger partial charge < -0.3 is 15.4 Å². The molecule has 3 rings (SSSR count). The fourth-order valence-electron chi connectivity index (χ4n) is 2.86. The predicted octanol–water partition coefficient (Wildman–Crippen LogP) is 0.892. The summed E-state index contributed by atoms with van der Waals surface area (Å²) in [5.41, 5.74) is 2.74. The van der Waals surface area contributed by atoms with Gasteiger partial charge in [-0.3, -0.25) is 9.28 Å². The van der Waals surface area contributed by atoms with E-state index >= 15 is 0 Å². The number of carbonyl (C=O) groups is 2. The Morgan fingerprint density at radius 3 is 3.00 bits per heavy atom. The molecule has 2 aliphatic heterocycles. The number of quaternary nitrogens is 1. The Bertz CT molecular complexity index is 558. The number of ether oxygens (including phenoxy) is 1. The number of rotatable bonds is 3. The molecule has 6 heteroatoms. The molecule has 0 aromatic heterocycles. The molecule has 0 bridgehead atoms. The Morgan fingerprint density at radius 1 is 1.42 bits per heavy atom. The lowest BCUT2D eigenvalue weighted by Gasteiger charge is -2.35. The summed E-state index contributed by atoms with van der Waals surface area (Å²) in [7, 11) is 0. The minimum absolute atomic E-state index is 0.0716. The van der Waals surface area contributed by atoms with E-state index in [1.165, 1.54) is 0 Å². The van der Waals surface area contributed by atoms with Crippen molar-refractivity contribution >= 4 is 28.9 Å². The van der Waals surface area contributed by atoms with Gasteiger partial charge in [-0.15, -0.1) is 0 Å². The molecule has 1 unspecified atom stereocenters. The molecule has 1 aromatic carbocycles. The van der Waals surface area contributed by atoms with Gasteiger partial charge in [0.2, 0.25) is 0 Å². The highest BCUT2D eigenvalue weighted by molar-refractivity contribution is 6.04. The van der Waals surface area contributed by atoms with Crippen LogP contribution in [0.25, 0.3) is 0 Å². The summed E-state index contributed by atoms with van der Waals surface area (Å²) in [5, 5.41) is 6.12. The summed E-state index contributed by atoms with van der Waals surface area (Å²) < 4.78 is 5.33. The summed E-state index contributed by atoms with van der Waals surface area (Å²) >= 11 is 0. The molecule has 1 amide bonds. The molecule has 6 nitrogen and oxygen atoms in total. The zero-order valence-corrected chi connectivity index (χ0v) is 10.7. The van der Waals surface area contributed by atoms with E-state index in [0.717, 1.165) is 17.1 Å². The molecular formula is C13H16N3O3+. The molecular weight excluding hydrogens is 246 g/mol. The normalized spacial score (nSPS) is 23.3.